The predicted octanol–water partition coefficient (Wildman–Crippen LogP) is 5.27. The summed E-state index contributed by atoms with van der Waals surface area (Å²) in [5.74, 6) is 1.32. The van der Waals surface area contributed by atoms with E-state index in [-0.39, 0.29) is 29.1 Å². The fourth-order valence-corrected chi connectivity index (χ4v) is 7.57. The maximum atomic E-state index is 12.8. The Bertz CT molecular complexity index is 1250. The third-order valence-corrected chi connectivity index (χ3v) is 9.41. The average molecular weight is 483 g/mol. The van der Waals surface area contributed by atoms with E-state index >= 15 is 0 Å². The van der Waals surface area contributed by atoms with Crippen LogP contribution in [-0.4, -0.2) is 27.9 Å². The predicted molar refractivity (Wildman–Crippen MR) is 138 cm³/mol. The van der Waals surface area contributed by atoms with Crippen molar-refractivity contribution >= 4 is 11.7 Å². The topological polar surface area (TPSA) is 79.3 Å². The van der Waals surface area contributed by atoms with E-state index in [1.54, 1.807) is 6.20 Å². The molecule has 36 heavy (non-hydrogen) atoms. The molecule has 0 saturated heterocycles. The lowest BCUT2D eigenvalue weighted by Gasteiger charge is -2.52. The van der Waals surface area contributed by atoms with Crippen molar-refractivity contribution in [2.75, 3.05) is 0 Å². The number of carbonyl (C=O) groups is 2. The molecule has 5 unspecified atom stereocenters. The monoisotopic (exact) mass is 482 g/mol. The Morgan fingerprint density at radius 2 is 1.92 bits per heavy atom. The zero-order valence-corrected chi connectivity index (χ0v) is 20.9. The molecule has 0 spiro atoms. The van der Waals surface area contributed by atoms with Gasteiger partial charge in [0.25, 0.3) is 5.91 Å². The van der Waals surface area contributed by atoms with Crippen LogP contribution >= 0.6 is 0 Å². The minimum atomic E-state index is -0.266. The lowest BCUT2D eigenvalue weighted by atomic mass is 9.53. The molecule has 0 bridgehead atoms. The highest BCUT2D eigenvalue weighted by atomic mass is 16.3. The standard InChI is InChI=1S/C31H34N2O3/c1-31-17-26(19-5-7-20(8-6-19)30(36)33-18-22-4-2-3-15-32-22)29-24-12-10-23(34)16-21(24)9-11-25(29)27(31)13-14-28(31)35/h2-8,15-16,25-28,35H,9-14,17-18H2,1H3,(H,33,36). The van der Waals surface area contributed by atoms with Gasteiger partial charge >= 0.3 is 0 Å². The van der Waals surface area contributed by atoms with Crippen LogP contribution in [0, 0.1) is 17.3 Å². The van der Waals surface area contributed by atoms with Gasteiger partial charge in [0.2, 0.25) is 0 Å². The number of allylic oxidation sites excluding steroid dienone is 4. The minimum absolute atomic E-state index is 0.0934. The first kappa shape index (κ1) is 23.4. The van der Waals surface area contributed by atoms with Crippen LogP contribution in [0.25, 0.3) is 0 Å². The zero-order chi connectivity index (χ0) is 24.9. The first-order valence-corrected chi connectivity index (χ1v) is 13.4. The van der Waals surface area contributed by atoms with Gasteiger partial charge in [-0.3, -0.25) is 14.6 Å². The molecule has 5 heteroatoms. The summed E-state index contributed by atoms with van der Waals surface area (Å²) in [4.78, 5) is 29.2. The number of aliphatic hydroxyl groups is 1. The number of fused-ring (bicyclic) bond motifs is 4. The molecule has 1 heterocycles. The second-order valence-corrected chi connectivity index (χ2v) is 11.3. The Morgan fingerprint density at radius 3 is 2.69 bits per heavy atom. The Balaban J connectivity index is 1.31. The molecular formula is C31H34N2O3. The molecule has 186 valence electrons. The maximum absolute atomic E-state index is 12.8. The van der Waals surface area contributed by atoms with Crippen molar-refractivity contribution in [2.45, 2.75) is 70.4 Å². The van der Waals surface area contributed by atoms with E-state index in [1.165, 1.54) is 22.3 Å². The zero-order valence-electron chi connectivity index (χ0n) is 20.9. The van der Waals surface area contributed by atoms with E-state index in [2.05, 4.69) is 29.4 Å². The molecule has 6 rings (SSSR count). The molecule has 1 aromatic carbocycles. The van der Waals surface area contributed by atoms with Crippen molar-refractivity contribution in [3.63, 3.8) is 0 Å². The van der Waals surface area contributed by atoms with Gasteiger partial charge in [0, 0.05) is 24.1 Å². The summed E-state index contributed by atoms with van der Waals surface area (Å²) >= 11 is 0. The lowest BCUT2D eigenvalue weighted by Crippen LogP contribution is -2.45. The van der Waals surface area contributed by atoms with E-state index in [9.17, 15) is 14.7 Å². The van der Waals surface area contributed by atoms with Crippen LogP contribution in [0.3, 0.4) is 0 Å². The Kier molecular flexibility index (Phi) is 5.91. The second-order valence-electron chi connectivity index (χ2n) is 11.3. The first-order valence-electron chi connectivity index (χ1n) is 13.4. The van der Waals surface area contributed by atoms with E-state index in [0.29, 0.717) is 30.4 Å². The van der Waals surface area contributed by atoms with Gasteiger partial charge in [-0.1, -0.05) is 30.7 Å². The Labute approximate surface area is 212 Å². The van der Waals surface area contributed by atoms with Crippen molar-refractivity contribution in [1.29, 1.82) is 0 Å². The molecule has 5 atom stereocenters. The SMILES string of the molecule is CC12CC(c3ccc(C(=O)NCc4ccccn4)cc3)C3=C4CCC(=O)C=C4CCC3C1CCC2O. The average Bonchev–Trinajstić information content (AvgIpc) is 3.21. The molecule has 1 aromatic heterocycles. The molecule has 2 aromatic rings. The van der Waals surface area contributed by atoms with Crippen LogP contribution in [0.5, 0.6) is 0 Å². The van der Waals surface area contributed by atoms with Gasteiger partial charge < -0.3 is 10.4 Å². The number of aliphatic hydroxyl groups excluding tert-OH is 1. The van der Waals surface area contributed by atoms with Gasteiger partial charge in [0.05, 0.1) is 18.3 Å². The first-order chi connectivity index (χ1) is 17.4. The third-order valence-electron chi connectivity index (χ3n) is 9.41. The van der Waals surface area contributed by atoms with Crippen molar-refractivity contribution < 1.29 is 14.7 Å². The van der Waals surface area contributed by atoms with E-state index < -0.39 is 0 Å². The number of benzene rings is 1. The van der Waals surface area contributed by atoms with Crippen molar-refractivity contribution in [1.82, 2.24) is 10.3 Å². The van der Waals surface area contributed by atoms with Crippen LogP contribution in [0.1, 0.15) is 79.4 Å². The van der Waals surface area contributed by atoms with Gasteiger partial charge in [0.15, 0.2) is 5.78 Å². The lowest BCUT2D eigenvalue weighted by molar-refractivity contribution is -0.114. The molecule has 4 aliphatic carbocycles. The normalized spacial score (nSPS) is 31.3. The molecule has 2 saturated carbocycles. The number of rotatable bonds is 4. The highest BCUT2D eigenvalue weighted by Crippen LogP contribution is 2.63. The number of pyridine rings is 1. The number of ketones is 1. The summed E-state index contributed by atoms with van der Waals surface area (Å²) in [6, 6.07) is 13.7. The van der Waals surface area contributed by atoms with Gasteiger partial charge in [-0.15, -0.1) is 0 Å². The molecule has 0 radical (unpaired) electrons. The number of aromatic nitrogens is 1. The number of nitrogens with one attached hydrogen (secondary N) is 1. The van der Waals surface area contributed by atoms with E-state index in [0.717, 1.165) is 44.2 Å². The van der Waals surface area contributed by atoms with E-state index in [1.807, 2.05) is 36.4 Å². The number of hydrogen-bond acceptors (Lipinski definition) is 4. The summed E-state index contributed by atoms with van der Waals surface area (Å²) in [7, 11) is 0. The summed E-state index contributed by atoms with van der Waals surface area (Å²) in [5, 5.41) is 14.0. The molecular weight excluding hydrogens is 448 g/mol. The van der Waals surface area contributed by atoms with Crippen LogP contribution < -0.4 is 5.32 Å². The smallest absolute Gasteiger partial charge is 0.251 e. The minimum Gasteiger partial charge on any atom is -0.393 e. The number of nitrogens with zero attached hydrogens (tertiary/aromatic N) is 1. The van der Waals surface area contributed by atoms with Crippen LogP contribution in [0.2, 0.25) is 0 Å². The summed E-state index contributed by atoms with van der Waals surface area (Å²) in [5.41, 5.74) is 6.76. The summed E-state index contributed by atoms with van der Waals surface area (Å²) in [6.07, 6.45) is 9.71. The largest absolute Gasteiger partial charge is 0.393 e. The van der Waals surface area contributed by atoms with Gasteiger partial charge in [0.1, 0.15) is 0 Å². The van der Waals surface area contributed by atoms with Crippen LogP contribution in [0.15, 0.2) is 71.5 Å². The van der Waals surface area contributed by atoms with Gasteiger partial charge in [-0.2, -0.15) is 0 Å². The van der Waals surface area contributed by atoms with Crippen molar-refractivity contribution in [3.8, 4) is 0 Å². The number of hydrogen-bond donors (Lipinski definition) is 2. The number of carbonyl (C=O) groups excluding carboxylic acids is 2. The summed E-state index contributed by atoms with van der Waals surface area (Å²) < 4.78 is 0. The van der Waals surface area contributed by atoms with Crippen LogP contribution in [0.4, 0.5) is 0 Å². The number of amides is 1. The second kappa shape index (κ2) is 9.11. The molecule has 2 fully saturated rings. The highest BCUT2D eigenvalue weighted by Gasteiger charge is 2.56. The third kappa shape index (κ3) is 3.94. The van der Waals surface area contributed by atoms with Crippen LogP contribution in [-0.2, 0) is 11.3 Å². The molecule has 5 nitrogen and oxygen atoms in total. The Morgan fingerprint density at radius 1 is 1.08 bits per heavy atom. The molecule has 2 N–H and O–H groups in total. The maximum Gasteiger partial charge on any atom is 0.251 e. The fraction of sp³-hybridized carbons (Fsp3) is 0.452. The molecule has 1 amide bonds. The molecule has 4 aliphatic rings. The van der Waals surface area contributed by atoms with Gasteiger partial charge in [-0.25, -0.2) is 0 Å². The van der Waals surface area contributed by atoms with Gasteiger partial charge in [-0.05, 0) is 103 Å². The van der Waals surface area contributed by atoms with Crippen molar-refractivity contribution in [3.05, 3.63) is 88.3 Å². The van der Waals surface area contributed by atoms with Crippen molar-refractivity contribution in [2.24, 2.45) is 17.3 Å². The summed E-state index contributed by atoms with van der Waals surface area (Å²) in [6.45, 7) is 2.69. The highest BCUT2D eigenvalue weighted by molar-refractivity contribution is 5.94. The Hall–Kier alpha value is -3.05. The van der Waals surface area contributed by atoms with E-state index in [4.69, 9.17) is 0 Å². The molecule has 0 aliphatic heterocycles. The quantitative estimate of drug-likeness (QED) is 0.622. The fourth-order valence-electron chi connectivity index (χ4n) is 7.57.